The predicted molar refractivity (Wildman–Crippen MR) is 230 cm³/mol. The lowest BCUT2D eigenvalue weighted by Crippen LogP contribution is -2.29. The Balaban J connectivity index is 1.34. The van der Waals surface area contributed by atoms with Crippen LogP contribution in [0.25, 0.3) is 87.4 Å². The van der Waals surface area contributed by atoms with Crippen LogP contribution in [-0.2, 0) is 0 Å². The number of nitrogens with one attached hydrogen (secondary N) is 1. The van der Waals surface area contributed by atoms with E-state index in [-0.39, 0.29) is 6.04 Å². The number of nitrogens with zero attached hydrogens (tertiary/aromatic N) is 4. The van der Waals surface area contributed by atoms with Crippen molar-refractivity contribution in [3.63, 3.8) is 0 Å². The van der Waals surface area contributed by atoms with E-state index < -0.39 is 0 Å². The van der Waals surface area contributed by atoms with Crippen molar-refractivity contribution in [3.05, 3.63) is 181 Å². The highest BCUT2D eigenvalue weighted by molar-refractivity contribution is 6.40. The number of hydrogen-bond donors (Lipinski definition) is 1. The molecule has 0 aliphatic carbocycles. The molecule has 5 heterocycles. The summed E-state index contributed by atoms with van der Waals surface area (Å²) in [4.78, 5) is 5.58. The molecule has 8 aromatic carbocycles. The number of para-hydroxylation sites is 6. The van der Waals surface area contributed by atoms with Crippen molar-refractivity contribution < 1.29 is 0 Å². The van der Waals surface area contributed by atoms with Crippen LogP contribution in [0.2, 0.25) is 0 Å². The van der Waals surface area contributed by atoms with Gasteiger partial charge in [-0.25, -0.2) is 4.99 Å². The number of hydrogen-bond acceptors (Lipinski definition) is 2. The minimum Gasteiger partial charge on any atom is -0.370 e. The van der Waals surface area contributed by atoms with Crippen LogP contribution in [0.15, 0.2) is 181 Å². The summed E-state index contributed by atoms with van der Waals surface area (Å²) in [6, 6.07) is 63.7. The molecule has 1 N–H and O–H groups in total. The highest BCUT2D eigenvalue weighted by Crippen LogP contribution is 2.49. The maximum Gasteiger partial charge on any atom is 0.141 e. The van der Waals surface area contributed by atoms with Gasteiger partial charge in [-0.05, 0) is 60.2 Å². The number of anilines is 1. The Kier molecular flexibility index (Phi) is 5.62. The van der Waals surface area contributed by atoms with Crippen LogP contribution in [0.1, 0.15) is 11.6 Å². The first-order valence-corrected chi connectivity index (χ1v) is 18.9. The molecule has 1 aliphatic heterocycles. The molecule has 1 unspecified atom stereocenters. The molecule has 4 aromatic heterocycles. The van der Waals surface area contributed by atoms with Crippen LogP contribution in [0, 0.1) is 0 Å². The van der Waals surface area contributed by atoms with Gasteiger partial charge >= 0.3 is 0 Å². The monoisotopic (exact) mass is 701 g/mol. The van der Waals surface area contributed by atoms with Crippen LogP contribution in [0.5, 0.6) is 0 Å². The number of fused-ring (bicyclic) bond motifs is 10. The molecule has 13 rings (SSSR count). The Bertz CT molecular complexity index is 3570. The summed E-state index contributed by atoms with van der Waals surface area (Å²) >= 11 is 0. The Hall–Kier alpha value is -7.37. The van der Waals surface area contributed by atoms with Crippen LogP contribution in [0.4, 0.5) is 11.4 Å². The Labute approximate surface area is 314 Å². The Morgan fingerprint density at radius 3 is 1.93 bits per heavy atom. The van der Waals surface area contributed by atoms with Gasteiger partial charge in [0.1, 0.15) is 11.9 Å². The van der Waals surface area contributed by atoms with E-state index in [1.165, 1.54) is 70.7 Å². The minimum atomic E-state index is -0.188. The molecule has 0 spiro atoms. The first kappa shape index (κ1) is 29.1. The van der Waals surface area contributed by atoms with Crippen molar-refractivity contribution in [2.45, 2.75) is 6.04 Å². The highest BCUT2D eigenvalue weighted by atomic mass is 15.2. The normalized spacial score (nSPS) is 14.6. The summed E-state index contributed by atoms with van der Waals surface area (Å²) in [6.45, 7) is 0. The fourth-order valence-electron chi connectivity index (χ4n) is 9.83. The summed E-state index contributed by atoms with van der Waals surface area (Å²) in [5.41, 5.74) is 12.5. The summed E-state index contributed by atoms with van der Waals surface area (Å²) in [6.07, 6.45) is 0. The van der Waals surface area contributed by atoms with E-state index in [2.05, 4.69) is 195 Å². The maximum absolute atomic E-state index is 5.58. The van der Waals surface area contributed by atoms with Crippen LogP contribution < -0.4 is 5.32 Å². The van der Waals surface area contributed by atoms with Gasteiger partial charge in [0.05, 0.1) is 50.0 Å². The van der Waals surface area contributed by atoms with Gasteiger partial charge in [0, 0.05) is 48.8 Å². The van der Waals surface area contributed by atoms with E-state index in [1.54, 1.807) is 0 Å². The summed E-state index contributed by atoms with van der Waals surface area (Å²) < 4.78 is 7.44. The molecule has 5 nitrogen and oxygen atoms in total. The SMILES string of the molecule is c1ccc(C2Nc3ccccc3N=C2n2c3cc4c(c5ccccc5n4-c4ccccc4)c4c5cccc6c7ccccc7n(c7cccc2c7c43)c65)cc1. The molecule has 0 amide bonds. The minimum absolute atomic E-state index is 0.188. The third-order valence-electron chi connectivity index (χ3n) is 12.0. The zero-order valence-electron chi connectivity index (χ0n) is 29.6. The van der Waals surface area contributed by atoms with E-state index >= 15 is 0 Å². The summed E-state index contributed by atoms with van der Waals surface area (Å²) in [7, 11) is 0. The number of aromatic nitrogens is 3. The average Bonchev–Trinajstić information content (AvgIpc) is 3.85. The van der Waals surface area contributed by atoms with Gasteiger partial charge in [0.2, 0.25) is 0 Å². The molecule has 0 bridgehead atoms. The Morgan fingerprint density at radius 1 is 0.418 bits per heavy atom. The van der Waals surface area contributed by atoms with Crippen LogP contribution in [-0.4, -0.2) is 19.4 Å². The molecule has 12 aromatic rings. The molecule has 5 heteroatoms. The largest absolute Gasteiger partial charge is 0.370 e. The maximum atomic E-state index is 5.58. The van der Waals surface area contributed by atoms with Gasteiger partial charge < -0.3 is 14.3 Å². The number of benzene rings is 8. The van der Waals surface area contributed by atoms with Gasteiger partial charge in [-0.15, -0.1) is 0 Å². The zero-order chi connectivity index (χ0) is 35.8. The topological polar surface area (TPSA) is 38.7 Å². The summed E-state index contributed by atoms with van der Waals surface area (Å²) in [5.74, 6) is 0.950. The zero-order valence-corrected chi connectivity index (χ0v) is 29.6. The second-order valence-electron chi connectivity index (χ2n) is 14.8. The van der Waals surface area contributed by atoms with Gasteiger partial charge in [-0.3, -0.25) is 4.57 Å². The van der Waals surface area contributed by atoms with E-state index in [1.807, 2.05) is 0 Å². The smallest absolute Gasteiger partial charge is 0.141 e. The first-order valence-electron chi connectivity index (χ1n) is 18.9. The lowest BCUT2D eigenvalue weighted by Gasteiger charge is -2.29. The first-order chi connectivity index (χ1) is 27.3. The highest BCUT2D eigenvalue weighted by Gasteiger charge is 2.31. The molecule has 1 atom stereocenters. The van der Waals surface area contributed by atoms with Gasteiger partial charge in [0.25, 0.3) is 0 Å². The summed E-state index contributed by atoms with van der Waals surface area (Å²) in [5, 5.41) is 13.9. The van der Waals surface area contributed by atoms with E-state index in [0.717, 1.165) is 39.5 Å². The molecule has 0 radical (unpaired) electrons. The lowest BCUT2D eigenvalue weighted by atomic mass is 9.98. The second-order valence-corrected chi connectivity index (χ2v) is 14.8. The quantitative estimate of drug-likeness (QED) is 0.191. The van der Waals surface area contributed by atoms with E-state index in [0.29, 0.717) is 0 Å². The number of aliphatic imine (C=N–C) groups is 1. The van der Waals surface area contributed by atoms with Crippen molar-refractivity contribution in [3.8, 4) is 5.69 Å². The number of rotatable bonds is 2. The Morgan fingerprint density at radius 2 is 1.05 bits per heavy atom. The van der Waals surface area contributed by atoms with Crippen molar-refractivity contribution in [1.29, 1.82) is 0 Å². The molecule has 0 fully saturated rings. The van der Waals surface area contributed by atoms with Gasteiger partial charge in [0.15, 0.2) is 0 Å². The molecule has 256 valence electrons. The molecular weight excluding hydrogens is 671 g/mol. The molecule has 1 aliphatic rings. The van der Waals surface area contributed by atoms with Crippen molar-refractivity contribution in [1.82, 2.24) is 13.5 Å². The third kappa shape index (κ3) is 3.74. The van der Waals surface area contributed by atoms with Crippen molar-refractivity contribution in [2.24, 2.45) is 4.99 Å². The second kappa shape index (κ2) is 10.6. The van der Waals surface area contributed by atoms with E-state index in [9.17, 15) is 0 Å². The fourth-order valence-corrected chi connectivity index (χ4v) is 9.83. The lowest BCUT2D eigenvalue weighted by molar-refractivity contribution is 0.962. The van der Waals surface area contributed by atoms with Gasteiger partial charge in [-0.1, -0.05) is 121 Å². The molecular formula is C50H31N5. The molecule has 55 heavy (non-hydrogen) atoms. The van der Waals surface area contributed by atoms with Crippen molar-refractivity contribution in [2.75, 3.05) is 5.32 Å². The van der Waals surface area contributed by atoms with E-state index in [4.69, 9.17) is 4.99 Å². The standard InChI is InChI=1S/C50H31N5/c1-3-15-30(16-4-1)48-50(52-37-24-10-9-23-36(37)51-48)55-41-28-14-27-40-46(41)47-43(55)29-42-44(34-20-8-12-26-39(34)53(42)31-17-5-2-6-18-31)45(47)35-22-13-21-33-32-19-7-11-25-38(32)54(40)49(33)35/h1-29,48,51H. The average molecular weight is 702 g/mol. The molecule has 0 saturated carbocycles. The fraction of sp³-hybridized carbons (Fsp3) is 0.0200. The third-order valence-corrected chi connectivity index (χ3v) is 12.0. The van der Waals surface area contributed by atoms with Gasteiger partial charge in [-0.2, -0.15) is 0 Å². The molecule has 0 saturated heterocycles. The predicted octanol–water partition coefficient (Wildman–Crippen LogP) is 12.8. The van der Waals surface area contributed by atoms with Crippen molar-refractivity contribution >= 4 is 98.9 Å². The van der Waals surface area contributed by atoms with Crippen LogP contribution >= 0.6 is 0 Å². The van der Waals surface area contributed by atoms with Crippen LogP contribution in [0.3, 0.4) is 0 Å².